The van der Waals surface area contributed by atoms with Crippen molar-refractivity contribution >= 4 is 17.5 Å². The van der Waals surface area contributed by atoms with E-state index in [4.69, 9.17) is 16.3 Å². The van der Waals surface area contributed by atoms with Crippen molar-refractivity contribution in [3.8, 4) is 5.75 Å². The second kappa shape index (κ2) is 10.9. The van der Waals surface area contributed by atoms with Crippen LogP contribution in [0.25, 0.3) is 0 Å². The summed E-state index contributed by atoms with van der Waals surface area (Å²) in [4.78, 5) is 17.4. The molecule has 0 N–H and O–H groups in total. The van der Waals surface area contributed by atoms with Crippen LogP contribution in [-0.4, -0.2) is 41.9 Å². The lowest BCUT2D eigenvalue weighted by Crippen LogP contribution is -2.48. The smallest absolute Gasteiger partial charge is 0.253 e. The molecular formula is C28H31ClN2O2. The molecule has 1 aliphatic rings. The Morgan fingerprint density at radius 3 is 2.36 bits per heavy atom. The molecule has 172 valence electrons. The number of halogens is 1. The summed E-state index contributed by atoms with van der Waals surface area (Å²) in [7, 11) is 0. The summed E-state index contributed by atoms with van der Waals surface area (Å²) in [6.07, 6.45) is 0. The van der Waals surface area contributed by atoms with Crippen molar-refractivity contribution in [2.24, 2.45) is 0 Å². The number of carbonyl (C=O) groups excluding carboxylic acids is 1. The van der Waals surface area contributed by atoms with Crippen LogP contribution in [0.1, 0.15) is 46.8 Å². The molecule has 0 unspecified atom stereocenters. The maximum absolute atomic E-state index is 13.1. The fourth-order valence-corrected chi connectivity index (χ4v) is 4.26. The summed E-state index contributed by atoms with van der Waals surface area (Å²) >= 11 is 6.30. The predicted octanol–water partition coefficient (Wildman–Crippen LogP) is 6.00. The van der Waals surface area contributed by atoms with Gasteiger partial charge < -0.3 is 9.64 Å². The van der Waals surface area contributed by atoms with Crippen molar-refractivity contribution in [3.63, 3.8) is 0 Å². The third-order valence-electron chi connectivity index (χ3n) is 6.14. The molecule has 3 aromatic rings. The first-order valence-electron chi connectivity index (χ1n) is 11.6. The lowest BCUT2D eigenvalue weighted by atomic mass is 10.0. The van der Waals surface area contributed by atoms with E-state index < -0.39 is 0 Å². The van der Waals surface area contributed by atoms with Crippen LogP contribution in [0.3, 0.4) is 0 Å². The molecule has 0 aromatic heterocycles. The molecule has 1 saturated heterocycles. The van der Waals surface area contributed by atoms with Gasteiger partial charge in [0.1, 0.15) is 12.4 Å². The Labute approximate surface area is 201 Å². The first kappa shape index (κ1) is 23.3. The van der Waals surface area contributed by atoms with Gasteiger partial charge in [-0.1, -0.05) is 67.9 Å². The zero-order valence-electron chi connectivity index (χ0n) is 19.3. The van der Waals surface area contributed by atoms with E-state index >= 15 is 0 Å². The van der Waals surface area contributed by atoms with E-state index in [9.17, 15) is 4.79 Å². The highest BCUT2D eigenvalue weighted by atomic mass is 35.5. The van der Waals surface area contributed by atoms with Gasteiger partial charge in [0.25, 0.3) is 5.91 Å². The lowest BCUT2D eigenvalue weighted by Gasteiger charge is -2.35. The second-order valence-electron chi connectivity index (χ2n) is 8.87. The highest BCUT2D eigenvalue weighted by molar-refractivity contribution is 6.31. The molecule has 0 spiro atoms. The van der Waals surface area contributed by atoms with E-state index in [2.05, 4.69) is 36.9 Å². The van der Waals surface area contributed by atoms with E-state index in [-0.39, 0.29) is 5.91 Å². The Morgan fingerprint density at radius 2 is 1.67 bits per heavy atom. The van der Waals surface area contributed by atoms with Crippen LogP contribution in [0.5, 0.6) is 5.75 Å². The number of ether oxygens (including phenoxy) is 1. The van der Waals surface area contributed by atoms with Crippen LogP contribution in [-0.2, 0) is 13.2 Å². The molecule has 5 heteroatoms. The van der Waals surface area contributed by atoms with Gasteiger partial charge in [0.2, 0.25) is 0 Å². The van der Waals surface area contributed by atoms with Crippen LogP contribution >= 0.6 is 11.6 Å². The van der Waals surface area contributed by atoms with E-state index in [1.807, 2.05) is 59.5 Å². The van der Waals surface area contributed by atoms with Crippen LogP contribution in [0.15, 0.2) is 72.8 Å². The molecule has 0 bridgehead atoms. The SMILES string of the molecule is CC(C)c1ccc(OCc2cccc(C(=O)N3CCN(Cc4ccccc4Cl)CC3)c2)cc1. The van der Waals surface area contributed by atoms with E-state index in [0.29, 0.717) is 31.2 Å². The Morgan fingerprint density at radius 1 is 0.939 bits per heavy atom. The van der Waals surface area contributed by atoms with Crippen LogP contribution in [0.2, 0.25) is 5.02 Å². The molecule has 0 atom stereocenters. The van der Waals surface area contributed by atoms with Gasteiger partial charge in [-0.2, -0.15) is 0 Å². The number of piperazine rings is 1. The van der Waals surface area contributed by atoms with E-state index in [1.165, 1.54) is 5.56 Å². The summed E-state index contributed by atoms with van der Waals surface area (Å²) < 4.78 is 5.94. The fourth-order valence-electron chi connectivity index (χ4n) is 4.07. The van der Waals surface area contributed by atoms with Gasteiger partial charge in [-0.25, -0.2) is 0 Å². The minimum absolute atomic E-state index is 0.0792. The number of benzene rings is 3. The first-order valence-corrected chi connectivity index (χ1v) is 11.9. The summed E-state index contributed by atoms with van der Waals surface area (Å²) in [6, 6.07) is 23.9. The maximum Gasteiger partial charge on any atom is 0.253 e. The fraction of sp³-hybridized carbons (Fsp3) is 0.321. The molecule has 0 saturated carbocycles. The van der Waals surface area contributed by atoms with Crippen molar-refractivity contribution in [2.45, 2.75) is 32.9 Å². The Kier molecular flexibility index (Phi) is 7.69. The average Bonchev–Trinajstić information content (AvgIpc) is 2.84. The molecule has 33 heavy (non-hydrogen) atoms. The van der Waals surface area contributed by atoms with Crippen molar-refractivity contribution in [1.82, 2.24) is 9.80 Å². The molecule has 4 nitrogen and oxygen atoms in total. The molecule has 1 amide bonds. The van der Waals surface area contributed by atoms with Crippen LogP contribution in [0.4, 0.5) is 0 Å². The number of hydrogen-bond donors (Lipinski definition) is 0. The van der Waals surface area contributed by atoms with Gasteiger partial charge >= 0.3 is 0 Å². The topological polar surface area (TPSA) is 32.8 Å². The monoisotopic (exact) mass is 462 g/mol. The molecule has 0 aliphatic carbocycles. The maximum atomic E-state index is 13.1. The molecule has 1 fully saturated rings. The average molecular weight is 463 g/mol. The normalized spacial score (nSPS) is 14.5. The van der Waals surface area contributed by atoms with Gasteiger partial charge in [0, 0.05) is 43.3 Å². The number of rotatable bonds is 7. The quantitative estimate of drug-likeness (QED) is 0.431. The van der Waals surface area contributed by atoms with Gasteiger partial charge in [0.15, 0.2) is 0 Å². The highest BCUT2D eigenvalue weighted by Crippen LogP contribution is 2.21. The van der Waals surface area contributed by atoms with Crippen LogP contribution < -0.4 is 4.74 Å². The molecule has 4 rings (SSSR count). The third kappa shape index (κ3) is 6.16. The van der Waals surface area contributed by atoms with Gasteiger partial charge in [-0.15, -0.1) is 0 Å². The van der Waals surface area contributed by atoms with Gasteiger partial charge in [0.05, 0.1) is 0 Å². The molecule has 3 aromatic carbocycles. The first-order chi connectivity index (χ1) is 16.0. The number of amides is 1. The molecule has 0 radical (unpaired) electrons. The number of hydrogen-bond acceptors (Lipinski definition) is 3. The van der Waals surface area contributed by atoms with Crippen molar-refractivity contribution < 1.29 is 9.53 Å². The summed E-state index contributed by atoms with van der Waals surface area (Å²) in [6.45, 7) is 8.71. The Balaban J connectivity index is 1.31. The van der Waals surface area contributed by atoms with Crippen LogP contribution in [0, 0.1) is 0 Å². The lowest BCUT2D eigenvalue weighted by molar-refractivity contribution is 0.0628. The Bertz CT molecular complexity index is 1070. The molecule has 1 aliphatic heterocycles. The number of nitrogens with zero attached hydrogens (tertiary/aromatic N) is 2. The molecule has 1 heterocycles. The third-order valence-corrected chi connectivity index (χ3v) is 6.51. The van der Waals surface area contributed by atoms with E-state index in [0.717, 1.165) is 41.5 Å². The minimum atomic E-state index is 0.0792. The van der Waals surface area contributed by atoms with Crippen molar-refractivity contribution in [2.75, 3.05) is 26.2 Å². The van der Waals surface area contributed by atoms with Gasteiger partial charge in [-0.3, -0.25) is 9.69 Å². The zero-order valence-corrected chi connectivity index (χ0v) is 20.1. The largest absolute Gasteiger partial charge is 0.489 e. The highest BCUT2D eigenvalue weighted by Gasteiger charge is 2.22. The summed E-state index contributed by atoms with van der Waals surface area (Å²) in [5.74, 6) is 1.42. The second-order valence-corrected chi connectivity index (χ2v) is 9.28. The van der Waals surface area contributed by atoms with Crippen molar-refractivity contribution in [1.29, 1.82) is 0 Å². The summed E-state index contributed by atoms with van der Waals surface area (Å²) in [5.41, 5.74) is 4.13. The predicted molar refractivity (Wildman–Crippen MR) is 134 cm³/mol. The zero-order chi connectivity index (χ0) is 23.2. The van der Waals surface area contributed by atoms with E-state index in [1.54, 1.807) is 0 Å². The minimum Gasteiger partial charge on any atom is -0.489 e. The summed E-state index contributed by atoms with van der Waals surface area (Å²) in [5, 5.41) is 0.797. The molecular weight excluding hydrogens is 432 g/mol. The number of carbonyl (C=O) groups is 1. The van der Waals surface area contributed by atoms with Crippen molar-refractivity contribution in [3.05, 3.63) is 100 Å². The van der Waals surface area contributed by atoms with Gasteiger partial charge in [-0.05, 0) is 52.9 Å². The Hall–Kier alpha value is -2.82. The standard InChI is InChI=1S/C28H31ClN2O2/c1-21(2)23-10-12-26(13-11-23)33-20-22-6-5-8-24(18-22)28(32)31-16-14-30(15-17-31)19-25-7-3-4-9-27(25)29/h3-13,18,21H,14-17,19-20H2,1-2H3.